The molecule has 1 atom stereocenters. The van der Waals surface area contributed by atoms with Crippen molar-refractivity contribution < 1.29 is 9.13 Å². The molecule has 0 spiro atoms. The number of nitrogens with two attached hydrogens (primary N) is 1. The van der Waals surface area contributed by atoms with Gasteiger partial charge in [-0.25, -0.2) is 4.39 Å². The lowest BCUT2D eigenvalue weighted by atomic mass is 10.1. The summed E-state index contributed by atoms with van der Waals surface area (Å²) in [6.07, 6.45) is 2.47. The smallest absolute Gasteiger partial charge is 0.145 e. The van der Waals surface area contributed by atoms with Crippen LogP contribution in [0.3, 0.4) is 0 Å². The predicted molar refractivity (Wildman–Crippen MR) is 72.7 cm³/mol. The molecule has 0 saturated carbocycles. The molecule has 4 heteroatoms. The lowest BCUT2D eigenvalue weighted by Crippen LogP contribution is -2.10. The number of aromatic nitrogens is 1. The van der Waals surface area contributed by atoms with Crippen molar-refractivity contribution in [2.24, 2.45) is 5.73 Å². The summed E-state index contributed by atoms with van der Waals surface area (Å²) in [7, 11) is 0. The summed E-state index contributed by atoms with van der Waals surface area (Å²) in [5.41, 5.74) is 7.28. The van der Waals surface area contributed by atoms with Crippen molar-refractivity contribution in [3.8, 4) is 11.5 Å². The zero-order chi connectivity index (χ0) is 13.8. The van der Waals surface area contributed by atoms with E-state index in [2.05, 4.69) is 4.98 Å². The van der Waals surface area contributed by atoms with Crippen LogP contribution in [0, 0.1) is 12.7 Å². The van der Waals surface area contributed by atoms with E-state index in [1.165, 1.54) is 6.07 Å². The zero-order valence-electron chi connectivity index (χ0n) is 11.1. The minimum absolute atomic E-state index is 0.0536. The van der Waals surface area contributed by atoms with E-state index >= 15 is 0 Å². The quantitative estimate of drug-likeness (QED) is 0.911. The van der Waals surface area contributed by atoms with Gasteiger partial charge in [0.15, 0.2) is 0 Å². The number of hydrogen-bond acceptors (Lipinski definition) is 3. The minimum atomic E-state index is -0.241. The fraction of sp³-hybridized carbons (Fsp3) is 0.267. The lowest BCUT2D eigenvalue weighted by Gasteiger charge is -2.10. The molecule has 2 aromatic rings. The third-order valence-electron chi connectivity index (χ3n) is 2.94. The van der Waals surface area contributed by atoms with Gasteiger partial charge in [0.2, 0.25) is 0 Å². The SMILES string of the molecule is CC[C@@H](N)c1ccc(Oc2ccc(F)c(C)c2)cn1. The first-order chi connectivity index (χ1) is 9.10. The van der Waals surface area contributed by atoms with E-state index < -0.39 is 0 Å². The molecule has 100 valence electrons. The Morgan fingerprint density at radius 2 is 2.00 bits per heavy atom. The highest BCUT2D eigenvalue weighted by Crippen LogP contribution is 2.23. The second kappa shape index (κ2) is 5.80. The Balaban J connectivity index is 2.12. The molecule has 0 unspecified atom stereocenters. The monoisotopic (exact) mass is 260 g/mol. The number of aryl methyl sites for hydroxylation is 1. The van der Waals surface area contributed by atoms with Crippen molar-refractivity contribution in [1.82, 2.24) is 4.98 Å². The highest BCUT2D eigenvalue weighted by Gasteiger charge is 2.06. The van der Waals surface area contributed by atoms with Crippen LogP contribution in [-0.2, 0) is 0 Å². The molecule has 1 aromatic carbocycles. The average molecular weight is 260 g/mol. The Labute approximate surface area is 112 Å². The van der Waals surface area contributed by atoms with Crippen LogP contribution < -0.4 is 10.5 Å². The summed E-state index contributed by atoms with van der Waals surface area (Å²) in [5.74, 6) is 0.959. The molecule has 0 aliphatic heterocycles. The highest BCUT2D eigenvalue weighted by atomic mass is 19.1. The zero-order valence-corrected chi connectivity index (χ0v) is 11.1. The van der Waals surface area contributed by atoms with Crippen molar-refractivity contribution in [3.05, 3.63) is 53.6 Å². The highest BCUT2D eigenvalue weighted by molar-refractivity contribution is 5.33. The first-order valence-corrected chi connectivity index (χ1v) is 6.25. The Bertz CT molecular complexity index is 555. The van der Waals surface area contributed by atoms with Crippen LogP contribution in [0.1, 0.15) is 30.6 Å². The summed E-state index contributed by atoms with van der Waals surface area (Å²) < 4.78 is 18.7. The van der Waals surface area contributed by atoms with Gasteiger partial charge in [-0.2, -0.15) is 0 Å². The third-order valence-corrected chi connectivity index (χ3v) is 2.94. The van der Waals surface area contributed by atoms with E-state index in [1.54, 1.807) is 25.3 Å². The average Bonchev–Trinajstić information content (AvgIpc) is 2.43. The largest absolute Gasteiger partial charge is 0.456 e. The molecule has 1 aromatic heterocycles. The van der Waals surface area contributed by atoms with Crippen LogP contribution in [0.4, 0.5) is 4.39 Å². The first-order valence-electron chi connectivity index (χ1n) is 6.25. The summed E-state index contributed by atoms with van der Waals surface area (Å²) in [5, 5.41) is 0. The van der Waals surface area contributed by atoms with Crippen molar-refractivity contribution >= 4 is 0 Å². The van der Waals surface area contributed by atoms with Crippen LogP contribution in [0.2, 0.25) is 0 Å². The van der Waals surface area contributed by atoms with E-state index in [1.807, 2.05) is 19.1 Å². The van der Waals surface area contributed by atoms with Crippen LogP contribution in [0.25, 0.3) is 0 Å². The molecule has 0 radical (unpaired) electrons. The summed E-state index contributed by atoms with van der Waals surface area (Å²) in [6, 6.07) is 8.24. The Hall–Kier alpha value is -1.94. The Morgan fingerprint density at radius 1 is 1.26 bits per heavy atom. The van der Waals surface area contributed by atoms with Gasteiger partial charge in [-0.3, -0.25) is 4.98 Å². The minimum Gasteiger partial charge on any atom is -0.456 e. The number of ether oxygens (including phenoxy) is 1. The molecule has 0 amide bonds. The van der Waals surface area contributed by atoms with E-state index in [-0.39, 0.29) is 11.9 Å². The summed E-state index contributed by atoms with van der Waals surface area (Å²) in [4.78, 5) is 4.26. The maximum atomic E-state index is 13.1. The van der Waals surface area contributed by atoms with Gasteiger partial charge in [0.1, 0.15) is 17.3 Å². The van der Waals surface area contributed by atoms with Gasteiger partial charge in [0.25, 0.3) is 0 Å². The van der Waals surface area contributed by atoms with Gasteiger partial charge >= 0.3 is 0 Å². The summed E-state index contributed by atoms with van der Waals surface area (Å²) >= 11 is 0. The number of nitrogens with zero attached hydrogens (tertiary/aromatic N) is 1. The lowest BCUT2D eigenvalue weighted by molar-refractivity contribution is 0.476. The fourth-order valence-corrected chi connectivity index (χ4v) is 1.70. The van der Waals surface area contributed by atoms with Crippen molar-refractivity contribution in [2.75, 3.05) is 0 Å². The third kappa shape index (κ3) is 3.29. The molecule has 3 nitrogen and oxygen atoms in total. The standard InChI is InChI=1S/C15H17FN2O/c1-3-14(17)15-7-5-12(9-18-15)19-11-4-6-13(16)10(2)8-11/h4-9,14H,3,17H2,1-2H3/t14-/m1/s1. The first kappa shape index (κ1) is 13.5. The van der Waals surface area contributed by atoms with Gasteiger partial charge < -0.3 is 10.5 Å². The molecular weight excluding hydrogens is 243 g/mol. The Kier molecular flexibility index (Phi) is 4.12. The molecule has 0 fully saturated rings. The molecule has 2 N–H and O–H groups in total. The number of benzene rings is 1. The van der Waals surface area contributed by atoms with Gasteiger partial charge in [-0.1, -0.05) is 6.92 Å². The molecule has 0 aliphatic carbocycles. The topological polar surface area (TPSA) is 48.1 Å². The molecule has 0 bridgehead atoms. The van der Waals surface area contributed by atoms with E-state index in [9.17, 15) is 4.39 Å². The maximum Gasteiger partial charge on any atom is 0.145 e. The van der Waals surface area contributed by atoms with Crippen LogP contribution in [0.15, 0.2) is 36.5 Å². The predicted octanol–water partition coefficient (Wildman–Crippen LogP) is 3.73. The van der Waals surface area contributed by atoms with E-state index in [0.717, 1.165) is 12.1 Å². The summed E-state index contributed by atoms with van der Waals surface area (Å²) in [6.45, 7) is 3.71. The van der Waals surface area contributed by atoms with Crippen LogP contribution >= 0.6 is 0 Å². The van der Waals surface area contributed by atoms with Gasteiger partial charge in [0.05, 0.1) is 11.9 Å². The van der Waals surface area contributed by atoms with Crippen molar-refractivity contribution in [3.63, 3.8) is 0 Å². The number of rotatable bonds is 4. The molecule has 1 heterocycles. The molecule has 19 heavy (non-hydrogen) atoms. The maximum absolute atomic E-state index is 13.1. The van der Waals surface area contributed by atoms with Crippen molar-refractivity contribution in [2.45, 2.75) is 26.3 Å². The van der Waals surface area contributed by atoms with Gasteiger partial charge in [-0.05, 0) is 49.2 Å². The second-order valence-electron chi connectivity index (χ2n) is 4.45. The van der Waals surface area contributed by atoms with Gasteiger partial charge in [-0.15, -0.1) is 0 Å². The fourth-order valence-electron chi connectivity index (χ4n) is 1.70. The van der Waals surface area contributed by atoms with Gasteiger partial charge in [0, 0.05) is 6.04 Å². The van der Waals surface area contributed by atoms with E-state index in [0.29, 0.717) is 17.1 Å². The molecule has 0 saturated heterocycles. The van der Waals surface area contributed by atoms with E-state index in [4.69, 9.17) is 10.5 Å². The second-order valence-corrected chi connectivity index (χ2v) is 4.45. The van der Waals surface area contributed by atoms with Crippen LogP contribution in [-0.4, -0.2) is 4.98 Å². The van der Waals surface area contributed by atoms with Crippen LogP contribution in [0.5, 0.6) is 11.5 Å². The molecular formula is C15H17FN2O. The number of pyridine rings is 1. The molecule has 0 aliphatic rings. The molecule has 2 rings (SSSR count). The number of hydrogen-bond donors (Lipinski definition) is 1. The normalized spacial score (nSPS) is 12.2. The number of halogens is 1. The Morgan fingerprint density at radius 3 is 2.58 bits per heavy atom. The van der Waals surface area contributed by atoms with Crippen molar-refractivity contribution in [1.29, 1.82) is 0 Å².